The molecular formula is C35H47N7O3. The molecule has 4 N–H and O–H groups in total. The second-order valence-corrected chi connectivity index (χ2v) is 14.7. The van der Waals surface area contributed by atoms with E-state index < -0.39 is 0 Å². The van der Waals surface area contributed by atoms with Crippen molar-refractivity contribution in [2.24, 2.45) is 28.9 Å². The van der Waals surface area contributed by atoms with Crippen LogP contribution in [0.1, 0.15) is 57.8 Å². The van der Waals surface area contributed by atoms with Crippen molar-refractivity contribution in [2.45, 2.75) is 75.9 Å². The summed E-state index contributed by atoms with van der Waals surface area (Å²) in [5, 5.41) is 13.2. The molecule has 6 fully saturated rings. The standard InChI is InChI=1S/C35H47N7O3/c36-33(44)35-18-23-16-24(19-35)32(25(17-23)20-35)38-34(45)42-15-14-41(29-5-1-2-6-30(29)42)31-8-7-27(21-37-31)39-12-9-26(10-13-39)40-11-3-4-28(40)22-43/h1-2,5-8,21,23-26,28,32,43H,3-4,9-20,22H2,(H2,36,44)(H,38,45)/t23?,24?,25?,28-,32?,35?/m0/s1. The predicted molar refractivity (Wildman–Crippen MR) is 175 cm³/mol. The Morgan fingerprint density at radius 1 is 0.933 bits per heavy atom. The molecule has 4 bridgehead atoms. The maximum absolute atomic E-state index is 13.8. The van der Waals surface area contributed by atoms with Gasteiger partial charge in [0.2, 0.25) is 5.91 Å². The van der Waals surface area contributed by atoms with Gasteiger partial charge in [-0.25, -0.2) is 9.78 Å². The average molecular weight is 614 g/mol. The summed E-state index contributed by atoms with van der Waals surface area (Å²) in [5.74, 6) is 1.97. The Hall–Kier alpha value is -3.37. The van der Waals surface area contributed by atoms with E-state index in [1.807, 2.05) is 29.3 Å². The third-order valence-corrected chi connectivity index (χ3v) is 12.3. The van der Waals surface area contributed by atoms with Crippen LogP contribution in [0.5, 0.6) is 0 Å². The number of likely N-dealkylation sites (tertiary alicyclic amines) is 1. The first-order chi connectivity index (χ1) is 21.9. The number of para-hydroxylation sites is 2. The summed E-state index contributed by atoms with van der Waals surface area (Å²) in [6, 6.07) is 13.4. The molecule has 10 nitrogen and oxygen atoms in total. The fourth-order valence-electron chi connectivity index (χ4n) is 10.3. The molecule has 2 unspecified atom stereocenters. The van der Waals surface area contributed by atoms with Gasteiger partial charge >= 0.3 is 6.03 Å². The van der Waals surface area contributed by atoms with Crippen molar-refractivity contribution in [1.29, 1.82) is 0 Å². The van der Waals surface area contributed by atoms with Gasteiger partial charge in [0, 0.05) is 49.7 Å². The van der Waals surface area contributed by atoms with E-state index in [9.17, 15) is 14.7 Å². The highest BCUT2D eigenvalue weighted by atomic mass is 16.3. The molecule has 0 spiro atoms. The highest BCUT2D eigenvalue weighted by Crippen LogP contribution is 2.60. The van der Waals surface area contributed by atoms with Gasteiger partial charge in [0.15, 0.2) is 0 Å². The third kappa shape index (κ3) is 5.04. The predicted octanol–water partition coefficient (Wildman–Crippen LogP) is 3.86. The highest BCUT2D eigenvalue weighted by molar-refractivity contribution is 5.98. The molecule has 10 heteroatoms. The van der Waals surface area contributed by atoms with Crippen LogP contribution < -0.4 is 25.8 Å². The quantitative estimate of drug-likeness (QED) is 0.453. The zero-order valence-corrected chi connectivity index (χ0v) is 26.2. The number of nitrogens with one attached hydrogen (secondary N) is 1. The van der Waals surface area contributed by atoms with Gasteiger partial charge < -0.3 is 26.0 Å². The number of aliphatic hydroxyl groups is 1. The molecule has 4 aliphatic carbocycles. The highest BCUT2D eigenvalue weighted by Gasteiger charge is 2.58. The second kappa shape index (κ2) is 11.5. The number of carbonyl (C=O) groups is 2. The van der Waals surface area contributed by atoms with Crippen LogP contribution in [0.3, 0.4) is 0 Å². The minimum Gasteiger partial charge on any atom is -0.395 e. The van der Waals surface area contributed by atoms with Crippen LogP contribution in [0.15, 0.2) is 42.6 Å². The van der Waals surface area contributed by atoms with E-state index in [1.54, 1.807) is 0 Å². The maximum Gasteiger partial charge on any atom is 0.322 e. The summed E-state index contributed by atoms with van der Waals surface area (Å²) in [6.07, 6.45) is 11.3. The number of pyridine rings is 1. The normalized spacial score (nSPS) is 33.0. The lowest BCUT2D eigenvalue weighted by Gasteiger charge is -2.59. The fraction of sp³-hybridized carbons (Fsp3) is 0.629. The molecule has 9 rings (SSSR count). The number of rotatable bonds is 6. The van der Waals surface area contributed by atoms with E-state index in [0.29, 0.717) is 42.9 Å². The molecule has 45 heavy (non-hydrogen) atoms. The number of anilines is 4. The first-order valence-corrected chi connectivity index (χ1v) is 17.2. The summed E-state index contributed by atoms with van der Waals surface area (Å²) in [6.45, 7) is 4.62. The number of urea groups is 1. The number of aromatic nitrogens is 1. The average Bonchev–Trinajstić information content (AvgIpc) is 3.55. The van der Waals surface area contributed by atoms with Crippen molar-refractivity contribution in [2.75, 3.05) is 54.0 Å². The monoisotopic (exact) mass is 613 g/mol. The van der Waals surface area contributed by atoms with Crippen molar-refractivity contribution in [3.8, 4) is 0 Å². The number of aliphatic hydroxyl groups excluding tert-OH is 1. The Morgan fingerprint density at radius 3 is 2.38 bits per heavy atom. The molecule has 3 aliphatic heterocycles. The molecule has 1 aromatic carbocycles. The van der Waals surface area contributed by atoms with Crippen LogP contribution in [-0.2, 0) is 4.79 Å². The lowest BCUT2D eigenvalue weighted by molar-refractivity contribution is -0.145. The lowest BCUT2D eigenvalue weighted by Crippen LogP contribution is -2.63. The summed E-state index contributed by atoms with van der Waals surface area (Å²) in [7, 11) is 0. The van der Waals surface area contributed by atoms with Crippen LogP contribution in [0.4, 0.5) is 27.7 Å². The Bertz CT molecular complexity index is 1410. The van der Waals surface area contributed by atoms with Crippen molar-refractivity contribution in [1.82, 2.24) is 15.2 Å². The van der Waals surface area contributed by atoms with E-state index in [0.717, 1.165) is 93.9 Å². The Balaban J connectivity index is 0.930. The molecule has 2 saturated heterocycles. The van der Waals surface area contributed by atoms with Gasteiger partial charge in [0.25, 0.3) is 0 Å². The van der Waals surface area contributed by atoms with Crippen molar-refractivity contribution < 1.29 is 14.7 Å². The number of primary amides is 1. The van der Waals surface area contributed by atoms with E-state index in [-0.39, 0.29) is 30.0 Å². The van der Waals surface area contributed by atoms with Gasteiger partial charge in [-0.1, -0.05) is 12.1 Å². The van der Waals surface area contributed by atoms with Crippen molar-refractivity contribution in [3.05, 3.63) is 42.6 Å². The van der Waals surface area contributed by atoms with Crippen molar-refractivity contribution in [3.63, 3.8) is 0 Å². The number of nitrogens with zero attached hydrogens (tertiary/aromatic N) is 5. The maximum atomic E-state index is 13.8. The Labute approximate surface area is 265 Å². The van der Waals surface area contributed by atoms with E-state index in [2.05, 4.69) is 38.2 Å². The molecule has 1 aromatic heterocycles. The van der Waals surface area contributed by atoms with Gasteiger partial charge in [-0.3, -0.25) is 14.6 Å². The van der Waals surface area contributed by atoms with Crippen LogP contribution in [0.2, 0.25) is 0 Å². The number of piperidine rings is 1. The van der Waals surface area contributed by atoms with Gasteiger partial charge in [-0.05, 0) is 106 Å². The number of hydrogen-bond acceptors (Lipinski definition) is 7. The zero-order chi connectivity index (χ0) is 30.7. The SMILES string of the molecule is NC(=O)C12CC3CC(C1)C(NC(=O)N1CCN(c4ccc(N5CCC(N6CCC[C@H]6CO)CC5)cn4)c4ccccc41)C(C3)C2. The van der Waals surface area contributed by atoms with Gasteiger partial charge in [-0.15, -0.1) is 0 Å². The first kappa shape index (κ1) is 29.1. The van der Waals surface area contributed by atoms with Crippen LogP contribution >= 0.6 is 0 Å². The minimum atomic E-state index is -0.355. The Kier molecular flexibility index (Phi) is 7.40. The number of hydrogen-bond donors (Lipinski definition) is 3. The molecule has 7 aliphatic rings. The van der Waals surface area contributed by atoms with Crippen LogP contribution in [0, 0.1) is 23.2 Å². The summed E-state index contributed by atoms with van der Waals surface area (Å²) in [5.41, 5.74) is 8.58. The molecule has 2 aromatic rings. The first-order valence-electron chi connectivity index (χ1n) is 17.2. The van der Waals surface area contributed by atoms with Gasteiger partial charge in [0.1, 0.15) is 5.82 Å². The van der Waals surface area contributed by atoms with E-state index in [1.165, 1.54) is 6.42 Å². The summed E-state index contributed by atoms with van der Waals surface area (Å²) >= 11 is 0. The minimum absolute atomic E-state index is 0.0429. The zero-order valence-electron chi connectivity index (χ0n) is 26.2. The van der Waals surface area contributed by atoms with Crippen LogP contribution in [0.25, 0.3) is 0 Å². The van der Waals surface area contributed by atoms with Gasteiger partial charge in [0.05, 0.1) is 29.9 Å². The van der Waals surface area contributed by atoms with Crippen LogP contribution in [-0.4, -0.2) is 84.4 Å². The summed E-state index contributed by atoms with van der Waals surface area (Å²) < 4.78 is 0. The topological polar surface area (TPSA) is 118 Å². The van der Waals surface area contributed by atoms with E-state index >= 15 is 0 Å². The number of fused-ring (bicyclic) bond motifs is 1. The summed E-state index contributed by atoms with van der Waals surface area (Å²) in [4.78, 5) is 40.2. The number of amides is 3. The smallest absolute Gasteiger partial charge is 0.322 e. The van der Waals surface area contributed by atoms with Crippen molar-refractivity contribution >= 4 is 34.8 Å². The third-order valence-electron chi connectivity index (χ3n) is 12.3. The molecule has 240 valence electrons. The molecule has 4 heterocycles. The second-order valence-electron chi connectivity index (χ2n) is 14.7. The number of benzene rings is 1. The molecule has 3 atom stereocenters. The number of carbonyl (C=O) groups excluding carboxylic acids is 2. The molecular weight excluding hydrogens is 566 g/mol. The van der Waals surface area contributed by atoms with E-state index in [4.69, 9.17) is 10.7 Å². The number of nitrogens with two attached hydrogens (primary N) is 1. The fourth-order valence-corrected chi connectivity index (χ4v) is 10.3. The lowest BCUT2D eigenvalue weighted by atomic mass is 9.47. The largest absolute Gasteiger partial charge is 0.395 e. The van der Waals surface area contributed by atoms with Gasteiger partial charge in [-0.2, -0.15) is 0 Å². The Morgan fingerprint density at radius 2 is 1.69 bits per heavy atom. The molecule has 0 radical (unpaired) electrons. The molecule has 4 saturated carbocycles. The molecule has 3 amide bonds.